The zero-order chi connectivity index (χ0) is 18.9. The first-order valence-electron chi connectivity index (χ1n) is 10.1. The zero-order valence-electron chi connectivity index (χ0n) is 16.3. The fraction of sp³-hybridized carbons (Fsp3) is 0.185. The van der Waals surface area contributed by atoms with Crippen molar-refractivity contribution in [3.8, 4) is 11.1 Å². The van der Waals surface area contributed by atoms with E-state index in [9.17, 15) is 0 Å². The summed E-state index contributed by atoms with van der Waals surface area (Å²) in [5.41, 5.74) is 10.5. The Kier molecular flexibility index (Phi) is 3.12. The molecular formula is C27H22O. The lowest BCUT2D eigenvalue weighted by molar-refractivity contribution is 0.591. The summed E-state index contributed by atoms with van der Waals surface area (Å²) in [7, 11) is 0. The number of aryl methyl sites for hydroxylation is 1. The predicted molar refractivity (Wildman–Crippen MR) is 116 cm³/mol. The van der Waals surface area contributed by atoms with Crippen LogP contribution in [0.5, 0.6) is 0 Å². The third kappa shape index (κ3) is 2.02. The third-order valence-corrected chi connectivity index (χ3v) is 6.58. The summed E-state index contributed by atoms with van der Waals surface area (Å²) in [5.74, 6) is 1.06. The number of para-hydroxylation sites is 1. The molecule has 0 saturated carbocycles. The molecular weight excluding hydrogens is 340 g/mol. The van der Waals surface area contributed by atoms with Crippen molar-refractivity contribution in [2.45, 2.75) is 32.1 Å². The molecule has 3 aromatic carbocycles. The Morgan fingerprint density at radius 3 is 2.54 bits per heavy atom. The highest BCUT2D eigenvalue weighted by Crippen LogP contribution is 2.49. The Morgan fingerprint density at radius 1 is 0.821 bits per heavy atom. The normalized spacial score (nSPS) is 16.4. The van der Waals surface area contributed by atoms with Gasteiger partial charge < -0.3 is 4.42 Å². The summed E-state index contributed by atoms with van der Waals surface area (Å²) in [4.78, 5) is 0. The SMILES string of the molecule is CC1(C)c2ccccc2-c2ccc(C3=CCCc4c3oc3ccccc43)cc21. The molecule has 0 fully saturated rings. The highest BCUT2D eigenvalue weighted by Gasteiger charge is 2.35. The molecule has 0 amide bonds. The first-order chi connectivity index (χ1) is 13.6. The molecule has 0 unspecified atom stereocenters. The number of benzene rings is 3. The third-order valence-electron chi connectivity index (χ3n) is 6.58. The molecule has 0 bridgehead atoms. The Balaban J connectivity index is 1.54. The minimum atomic E-state index is 0.0217. The summed E-state index contributed by atoms with van der Waals surface area (Å²) in [6.45, 7) is 4.67. The molecule has 1 aromatic heterocycles. The van der Waals surface area contributed by atoms with E-state index in [-0.39, 0.29) is 5.41 Å². The van der Waals surface area contributed by atoms with Crippen molar-refractivity contribution in [2.75, 3.05) is 0 Å². The van der Waals surface area contributed by atoms with Gasteiger partial charge in [-0.05, 0) is 52.8 Å². The van der Waals surface area contributed by atoms with Crippen molar-refractivity contribution in [1.82, 2.24) is 0 Å². The molecule has 2 aliphatic rings. The van der Waals surface area contributed by atoms with Crippen molar-refractivity contribution in [3.63, 3.8) is 0 Å². The van der Waals surface area contributed by atoms with Gasteiger partial charge in [-0.1, -0.05) is 74.5 Å². The second-order valence-electron chi connectivity index (χ2n) is 8.49. The van der Waals surface area contributed by atoms with Crippen molar-refractivity contribution in [1.29, 1.82) is 0 Å². The van der Waals surface area contributed by atoms with Gasteiger partial charge in [0.2, 0.25) is 0 Å². The highest BCUT2D eigenvalue weighted by atomic mass is 16.3. The minimum Gasteiger partial charge on any atom is -0.456 e. The van der Waals surface area contributed by atoms with Crippen LogP contribution in [0, 0.1) is 0 Å². The van der Waals surface area contributed by atoms with Crippen LogP contribution in [0.25, 0.3) is 27.7 Å². The standard InChI is InChI=1S/C27H22O/c1-27(2)23-12-5-3-8-19(23)20-15-14-17(16-24(20)27)18-10-7-11-22-21-9-4-6-13-25(21)28-26(18)22/h3-6,8-10,12-16H,7,11H2,1-2H3. The quantitative estimate of drug-likeness (QED) is 0.351. The van der Waals surface area contributed by atoms with E-state index in [1.54, 1.807) is 0 Å². The zero-order valence-corrected chi connectivity index (χ0v) is 16.3. The highest BCUT2D eigenvalue weighted by molar-refractivity contribution is 5.92. The first kappa shape index (κ1) is 15.9. The molecule has 1 heteroatoms. The lowest BCUT2D eigenvalue weighted by Gasteiger charge is -2.22. The van der Waals surface area contributed by atoms with E-state index in [0.717, 1.165) is 24.2 Å². The molecule has 0 saturated heterocycles. The van der Waals surface area contributed by atoms with Gasteiger partial charge in [-0.3, -0.25) is 0 Å². The number of furan rings is 1. The summed E-state index contributed by atoms with van der Waals surface area (Å²) in [6.07, 6.45) is 4.46. The van der Waals surface area contributed by atoms with Crippen LogP contribution in [0.3, 0.4) is 0 Å². The molecule has 2 aliphatic carbocycles. The Morgan fingerprint density at radius 2 is 1.61 bits per heavy atom. The van der Waals surface area contributed by atoms with E-state index in [4.69, 9.17) is 4.42 Å². The van der Waals surface area contributed by atoms with Gasteiger partial charge >= 0.3 is 0 Å². The van der Waals surface area contributed by atoms with Crippen LogP contribution >= 0.6 is 0 Å². The van der Waals surface area contributed by atoms with E-state index in [1.807, 2.05) is 0 Å². The van der Waals surface area contributed by atoms with Gasteiger partial charge in [0.15, 0.2) is 0 Å². The van der Waals surface area contributed by atoms with Crippen LogP contribution < -0.4 is 0 Å². The maximum Gasteiger partial charge on any atom is 0.138 e. The molecule has 0 atom stereocenters. The van der Waals surface area contributed by atoms with Gasteiger partial charge in [-0.2, -0.15) is 0 Å². The van der Waals surface area contributed by atoms with Crippen molar-refractivity contribution in [3.05, 3.63) is 101 Å². The fourth-order valence-corrected chi connectivity index (χ4v) is 5.14. The lowest BCUT2D eigenvalue weighted by Crippen LogP contribution is -2.15. The van der Waals surface area contributed by atoms with Crippen LogP contribution in [0.4, 0.5) is 0 Å². The number of rotatable bonds is 1. The van der Waals surface area contributed by atoms with Gasteiger partial charge in [-0.25, -0.2) is 0 Å². The van der Waals surface area contributed by atoms with Crippen molar-refractivity contribution >= 4 is 16.5 Å². The molecule has 6 rings (SSSR count). The fourth-order valence-electron chi connectivity index (χ4n) is 5.14. The van der Waals surface area contributed by atoms with Crippen LogP contribution in [-0.4, -0.2) is 0 Å². The van der Waals surface area contributed by atoms with Gasteiger partial charge in [-0.15, -0.1) is 0 Å². The average molecular weight is 362 g/mol. The number of fused-ring (bicyclic) bond motifs is 6. The molecule has 0 radical (unpaired) electrons. The van der Waals surface area contributed by atoms with Gasteiger partial charge in [0.05, 0.1) is 0 Å². The Labute approximate surface area is 165 Å². The van der Waals surface area contributed by atoms with E-state index in [2.05, 4.69) is 86.7 Å². The van der Waals surface area contributed by atoms with Crippen molar-refractivity contribution in [2.24, 2.45) is 0 Å². The number of hydrogen-bond acceptors (Lipinski definition) is 1. The topological polar surface area (TPSA) is 13.1 Å². The maximum absolute atomic E-state index is 6.32. The molecule has 28 heavy (non-hydrogen) atoms. The second kappa shape index (κ2) is 5.48. The Hall–Kier alpha value is -3.06. The molecule has 136 valence electrons. The molecule has 1 heterocycles. The van der Waals surface area contributed by atoms with E-state index >= 15 is 0 Å². The molecule has 1 nitrogen and oxygen atoms in total. The summed E-state index contributed by atoms with van der Waals surface area (Å²) in [6, 6.07) is 24.2. The second-order valence-corrected chi connectivity index (χ2v) is 8.49. The van der Waals surface area contributed by atoms with E-state index < -0.39 is 0 Å². The molecule has 4 aromatic rings. The van der Waals surface area contributed by atoms with Crippen LogP contribution in [0.1, 0.15) is 48.3 Å². The van der Waals surface area contributed by atoms with Gasteiger partial charge in [0.25, 0.3) is 0 Å². The smallest absolute Gasteiger partial charge is 0.138 e. The predicted octanol–water partition coefficient (Wildman–Crippen LogP) is 7.12. The summed E-state index contributed by atoms with van der Waals surface area (Å²) in [5, 5.41) is 1.26. The van der Waals surface area contributed by atoms with Crippen molar-refractivity contribution < 1.29 is 4.42 Å². The van der Waals surface area contributed by atoms with Gasteiger partial charge in [0.1, 0.15) is 11.3 Å². The minimum absolute atomic E-state index is 0.0217. The molecule has 0 aliphatic heterocycles. The average Bonchev–Trinajstić information content (AvgIpc) is 3.22. The van der Waals surface area contributed by atoms with Crippen LogP contribution in [-0.2, 0) is 11.8 Å². The molecule has 0 N–H and O–H groups in total. The van der Waals surface area contributed by atoms with Gasteiger partial charge in [0, 0.05) is 21.9 Å². The van der Waals surface area contributed by atoms with Crippen LogP contribution in [0.15, 0.2) is 77.2 Å². The largest absolute Gasteiger partial charge is 0.456 e. The summed E-state index contributed by atoms with van der Waals surface area (Å²) < 4.78 is 6.32. The molecule has 0 spiro atoms. The first-order valence-corrected chi connectivity index (χ1v) is 10.1. The van der Waals surface area contributed by atoms with E-state index in [1.165, 1.54) is 44.3 Å². The lowest BCUT2D eigenvalue weighted by atomic mass is 9.81. The number of allylic oxidation sites excluding steroid dienone is 1. The Bertz CT molecular complexity index is 1280. The van der Waals surface area contributed by atoms with E-state index in [0.29, 0.717) is 0 Å². The van der Waals surface area contributed by atoms with Crippen LogP contribution in [0.2, 0.25) is 0 Å². The summed E-state index contributed by atoms with van der Waals surface area (Å²) >= 11 is 0. The number of hydrogen-bond donors (Lipinski definition) is 0. The maximum atomic E-state index is 6.32. The monoisotopic (exact) mass is 362 g/mol.